The Kier molecular flexibility index (Phi) is 5.48. The number of rotatable bonds is 7. The van der Waals surface area contributed by atoms with Crippen LogP contribution in [0.3, 0.4) is 0 Å². The molecule has 0 aromatic heterocycles. The Hall–Kier alpha value is -0.960. The van der Waals surface area contributed by atoms with Crippen LogP contribution in [0.25, 0.3) is 0 Å². The first-order valence-corrected chi connectivity index (χ1v) is 8.94. The molecule has 0 saturated carbocycles. The number of nitrogens with one attached hydrogen (secondary N) is 2. The Bertz CT molecular complexity index is 607. The maximum Gasteiger partial charge on any atom is 0.240 e. The van der Waals surface area contributed by atoms with Crippen LogP contribution < -0.4 is 9.44 Å². The molecule has 0 unspecified atom stereocenters. The zero-order chi connectivity index (χ0) is 14.5. The van der Waals surface area contributed by atoms with Crippen LogP contribution in [0.2, 0.25) is 0 Å². The topological polar surface area (TPSA) is 92.3 Å². The van der Waals surface area contributed by atoms with Gasteiger partial charge >= 0.3 is 0 Å². The fourth-order valence-corrected chi connectivity index (χ4v) is 2.94. The van der Waals surface area contributed by atoms with Gasteiger partial charge in [-0.25, -0.2) is 26.3 Å². The molecule has 0 atom stereocenters. The van der Waals surface area contributed by atoms with Crippen LogP contribution in [0.15, 0.2) is 29.2 Å². The molecule has 108 valence electrons. The van der Waals surface area contributed by atoms with E-state index in [1.165, 1.54) is 19.1 Å². The second-order valence-corrected chi connectivity index (χ2v) is 7.87. The third-order valence-electron chi connectivity index (χ3n) is 2.45. The van der Waals surface area contributed by atoms with E-state index < -0.39 is 20.0 Å². The van der Waals surface area contributed by atoms with E-state index in [1.807, 2.05) is 6.92 Å². The second-order valence-electron chi connectivity index (χ2n) is 4.01. The molecule has 0 aliphatic heterocycles. The van der Waals surface area contributed by atoms with Gasteiger partial charge in [0.2, 0.25) is 20.0 Å². The lowest BCUT2D eigenvalue weighted by atomic mass is 10.2. The molecule has 0 bridgehead atoms. The molecular weight excluding hydrogens is 288 g/mol. The van der Waals surface area contributed by atoms with Crippen LogP contribution >= 0.6 is 0 Å². The predicted octanol–water partition coefficient (Wildman–Crippen LogP) is 0.213. The maximum absolute atomic E-state index is 11.8. The fraction of sp³-hybridized carbons (Fsp3) is 0.455. The van der Waals surface area contributed by atoms with Crippen LogP contribution in [0.4, 0.5) is 0 Å². The molecule has 19 heavy (non-hydrogen) atoms. The van der Waals surface area contributed by atoms with Crippen molar-refractivity contribution in [1.82, 2.24) is 9.44 Å². The first-order chi connectivity index (χ1) is 8.77. The van der Waals surface area contributed by atoms with E-state index in [0.29, 0.717) is 0 Å². The van der Waals surface area contributed by atoms with Crippen molar-refractivity contribution in [2.75, 3.05) is 18.8 Å². The van der Waals surface area contributed by atoms with Crippen LogP contribution in [-0.4, -0.2) is 35.7 Å². The second kappa shape index (κ2) is 6.47. The maximum atomic E-state index is 11.8. The molecule has 8 heteroatoms. The smallest absolute Gasteiger partial charge is 0.214 e. The Morgan fingerprint density at radius 2 is 1.47 bits per heavy atom. The van der Waals surface area contributed by atoms with E-state index in [2.05, 4.69) is 9.44 Å². The lowest BCUT2D eigenvalue weighted by Crippen LogP contribution is -2.35. The predicted molar refractivity (Wildman–Crippen MR) is 73.8 cm³/mol. The standard InChI is InChI=1S/C11H18N2O4S2/c1-3-18(14,15)12-8-9-13-19(16,17)11-6-4-10(2)5-7-11/h4-7,12-13H,3,8-9H2,1-2H3. The summed E-state index contributed by atoms with van der Waals surface area (Å²) in [6.45, 7) is 3.42. The van der Waals surface area contributed by atoms with E-state index in [-0.39, 0.29) is 23.7 Å². The van der Waals surface area contributed by atoms with Crippen molar-refractivity contribution in [1.29, 1.82) is 0 Å². The van der Waals surface area contributed by atoms with Gasteiger partial charge in [0, 0.05) is 13.1 Å². The van der Waals surface area contributed by atoms with Crippen molar-refractivity contribution >= 4 is 20.0 Å². The summed E-state index contributed by atoms with van der Waals surface area (Å²) in [5, 5.41) is 0. The lowest BCUT2D eigenvalue weighted by Gasteiger charge is -2.08. The monoisotopic (exact) mass is 306 g/mol. The Morgan fingerprint density at radius 3 is 2.00 bits per heavy atom. The van der Waals surface area contributed by atoms with E-state index in [9.17, 15) is 16.8 Å². The molecule has 0 radical (unpaired) electrons. The summed E-state index contributed by atoms with van der Waals surface area (Å²) in [6, 6.07) is 6.42. The summed E-state index contributed by atoms with van der Waals surface area (Å²) in [5.74, 6) is -0.0300. The number of aryl methyl sites for hydroxylation is 1. The Balaban J connectivity index is 2.55. The molecule has 6 nitrogen and oxygen atoms in total. The van der Waals surface area contributed by atoms with Gasteiger partial charge in [-0.05, 0) is 26.0 Å². The molecular formula is C11H18N2O4S2. The molecule has 0 fully saturated rings. The highest BCUT2D eigenvalue weighted by Crippen LogP contribution is 2.09. The quantitative estimate of drug-likeness (QED) is 0.705. The van der Waals surface area contributed by atoms with Gasteiger partial charge in [0.05, 0.1) is 10.6 Å². The SMILES string of the molecule is CCS(=O)(=O)NCCNS(=O)(=O)c1ccc(C)cc1. The van der Waals surface area contributed by atoms with Crippen LogP contribution in [0.5, 0.6) is 0 Å². The van der Waals surface area contributed by atoms with Crippen molar-refractivity contribution in [2.45, 2.75) is 18.7 Å². The van der Waals surface area contributed by atoms with E-state index in [1.54, 1.807) is 12.1 Å². The lowest BCUT2D eigenvalue weighted by molar-refractivity contribution is 0.571. The molecule has 0 aliphatic carbocycles. The normalized spacial score (nSPS) is 12.5. The average Bonchev–Trinajstić information content (AvgIpc) is 2.35. The summed E-state index contributed by atoms with van der Waals surface area (Å²) in [5.41, 5.74) is 0.967. The third kappa shape index (κ3) is 5.27. The summed E-state index contributed by atoms with van der Waals surface area (Å²) >= 11 is 0. The van der Waals surface area contributed by atoms with E-state index in [4.69, 9.17) is 0 Å². The minimum atomic E-state index is -3.59. The molecule has 1 rings (SSSR count). The zero-order valence-corrected chi connectivity index (χ0v) is 12.5. The van der Waals surface area contributed by atoms with Gasteiger partial charge in [-0.1, -0.05) is 17.7 Å². The third-order valence-corrected chi connectivity index (χ3v) is 5.33. The van der Waals surface area contributed by atoms with Gasteiger partial charge in [-0.2, -0.15) is 0 Å². The molecule has 0 amide bonds. The first kappa shape index (κ1) is 16.1. The largest absolute Gasteiger partial charge is 0.240 e. The van der Waals surface area contributed by atoms with Gasteiger partial charge in [0.1, 0.15) is 0 Å². The molecule has 0 saturated heterocycles. The van der Waals surface area contributed by atoms with Gasteiger partial charge < -0.3 is 0 Å². The molecule has 0 heterocycles. The van der Waals surface area contributed by atoms with Gasteiger partial charge in [-0.3, -0.25) is 0 Å². The number of sulfonamides is 2. The zero-order valence-electron chi connectivity index (χ0n) is 10.9. The molecule has 1 aromatic carbocycles. The van der Waals surface area contributed by atoms with Crippen molar-refractivity contribution < 1.29 is 16.8 Å². The molecule has 2 N–H and O–H groups in total. The van der Waals surface area contributed by atoms with Crippen LogP contribution in [-0.2, 0) is 20.0 Å². The Labute approximate surface area is 114 Å². The molecule has 0 spiro atoms. The number of hydrogen-bond acceptors (Lipinski definition) is 4. The highest BCUT2D eigenvalue weighted by atomic mass is 32.2. The van der Waals surface area contributed by atoms with Crippen molar-refractivity contribution in [3.63, 3.8) is 0 Å². The highest BCUT2D eigenvalue weighted by molar-refractivity contribution is 7.89. The summed E-state index contributed by atoms with van der Waals surface area (Å²) in [4.78, 5) is 0.163. The van der Waals surface area contributed by atoms with Crippen molar-refractivity contribution in [3.8, 4) is 0 Å². The summed E-state index contributed by atoms with van der Waals surface area (Å²) in [6.07, 6.45) is 0. The molecule has 1 aromatic rings. The van der Waals surface area contributed by atoms with Crippen molar-refractivity contribution in [2.24, 2.45) is 0 Å². The highest BCUT2D eigenvalue weighted by Gasteiger charge is 2.13. The first-order valence-electron chi connectivity index (χ1n) is 5.80. The summed E-state index contributed by atoms with van der Waals surface area (Å²) in [7, 11) is -6.88. The molecule has 0 aliphatic rings. The van der Waals surface area contributed by atoms with E-state index in [0.717, 1.165) is 5.56 Å². The summed E-state index contributed by atoms with van der Waals surface area (Å²) < 4.78 is 50.6. The fourth-order valence-electron chi connectivity index (χ4n) is 1.29. The van der Waals surface area contributed by atoms with Crippen LogP contribution in [0.1, 0.15) is 12.5 Å². The minimum absolute atomic E-state index is 0.00936. The minimum Gasteiger partial charge on any atom is -0.214 e. The number of benzene rings is 1. The van der Waals surface area contributed by atoms with Gasteiger partial charge in [0.15, 0.2) is 0 Å². The number of hydrogen-bond donors (Lipinski definition) is 2. The van der Waals surface area contributed by atoms with Gasteiger partial charge in [0.25, 0.3) is 0 Å². The van der Waals surface area contributed by atoms with E-state index >= 15 is 0 Å². The average molecular weight is 306 g/mol. The van der Waals surface area contributed by atoms with Gasteiger partial charge in [-0.15, -0.1) is 0 Å². The van der Waals surface area contributed by atoms with Crippen LogP contribution in [0, 0.1) is 6.92 Å². The van der Waals surface area contributed by atoms with Crippen molar-refractivity contribution in [3.05, 3.63) is 29.8 Å². The Morgan fingerprint density at radius 1 is 0.947 bits per heavy atom.